The van der Waals surface area contributed by atoms with E-state index in [1.165, 1.54) is 10.9 Å². The number of phosphoric acid groups is 5. The number of nitrogens with two attached hydrogens (primary N) is 4. The summed E-state index contributed by atoms with van der Waals surface area (Å²) in [5, 5.41) is 10.4. The van der Waals surface area contributed by atoms with Crippen LogP contribution in [0.25, 0.3) is 44.7 Å². The first kappa shape index (κ1) is 107. The Labute approximate surface area is 715 Å². The molecule has 0 saturated carbocycles. The monoisotopic (exact) mass is 2110 g/mol. The Balaban J connectivity index is 0.000000225. The molecule has 0 aromatic carbocycles. The number of hydrogen-bond acceptors (Lipinski definition) is 42. The van der Waals surface area contributed by atoms with Crippen LogP contribution in [0.2, 0.25) is 0 Å². The molecule has 0 bridgehead atoms. The number of H-pyrrole nitrogens is 4. The third-order valence-corrected chi connectivity index (χ3v) is 27.4. The minimum atomic E-state index is -5.35. The van der Waals surface area contributed by atoms with Gasteiger partial charge in [0.15, 0.2) is 87.5 Å². The van der Waals surface area contributed by atoms with E-state index >= 15 is 0 Å². The van der Waals surface area contributed by atoms with Crippen LogP contribution in [0.1, 0.15) is 44.7 Å². The minimum absolute atomic E-state index is 0. The van der Waals surface area contributed by atoms with Gasteiger partial charge < -0.3 is 149 Å². The average molecular weight is 2110 g/mol. The molecule has 0 amide bonds. The Bertz CT molecular complexity index is 5790. The minimum Gasteiger partial charge on any atom is -0.387 e. The molecule has 19 atom stereocenters. The number of nitrogen functional groups attached to an aromatic ring is 4. The second-order valence-electron chi connectivity index (χ2n) is 25.2. The van der Waals surface area contributed by atoms with E-state index in [0.717, 1.165) is 32.7 Å². The maximum atomic E-state index is 12.0. The van der Waals surface area contributed by atoms with Crippen molar-refractivity contribution in [1.82, 2.24) is 78.1 Å². The maximum Gasteiger partial charge on any atom is 0.695 e. The summed E-state index contributed by atoms with van der Waals surface area (Å²) in [6, 6.07) is 0. The molecular weight excluding hydrogens is 2040 g/mol. The quantitative estimate of drug-likeness (QED) is 0.0187. The first-order chi connectivity index (χ1) is 56.8. The van der Waals surface area contributed by atoms with Crippen LogP contribution < -0.4 is 45.2 Å². The number of nitrogens with one attached hydrogen (secondary N) is 4. The molecule has 4 aliphatic heterocycles. The van der Waals surface area contributed by atoms with Crippen LogP contribution in [-0.4, -0.2) is 269 Å². The van der Waals surface area contributed by atoms with Gasteiger partial charge in [-0.05, 0) is 0 Å². The first-order valence-electron chi connectivity index (χ1n) is 32.6. The van der Waals surface area contributed by atoms with Crippen LogP contribution in [0.15, 0.2) is 44.5 Å². The summed E-state index contributed by atoms with van der Waals surface area (Å²) in [5.41, 5.74) is 18.6. The molecule has 4 fully saturated rings. The van der Waals surface area contributed by atoms with E-state index in [4.69, 9.17) is 123 Å². The Morgan fingerprint density at radius 1 is 0.480 bits per heavy atom. The van der Waals surface area contributed by atoms with Gasteiger partial charge in [-0.25, -0.2) is 42.8 Å². The summed E-state index contributed by atoms with van der Waals surface area (Å²) in [5.74, 6) is -4.41. The largest absolute Gasteiger partial charge is 0.695 e. The normalized spacial score (nSPS) is 25.0. The van der Waals surface area contributed by atoms with Gasteiger partial charge in [0.2, 0.25) is 23.8 Å². The van der Waals surface area contributed by atoms with Crippen molar-refractivity contribution in [3.8, 4) is 0 Å². The molecule has 1 radical (unpaired) electrons. The van der Waals surface area contributed by atoms with Crippen molar-refractivity contribution >= 4 is 163 Å². The second kappa shape index (κ2) is 42.7. The number of aliphatic hydroxyl groups is 1. The van der Waals surface area contributed by atoms with Gasteiger partial charge in [0.25, 0.3) is 22.2 Å². The van der Waals surface area contributed by atoms with Crippen molar-refractivity contribution in [3.63, 3.8) is 0 Å². The molecule has 125 heavy (non-hydrogen) atoms. The van der Waals surface area contributed by atoms with Crippen LogP contribution in [0.5, 0.6) is 0 Å². The van der Waals surface area contributed by atoms with E-state index in [-0.39, 0.29) is 121 Å². The number of aliphatic hydroxyl groups excluding tert-OH is 1. The van der Waals surface area contributed by atoms with E-state index in [9.17, 15) is 109 Å². The molecule has 4 aliphatic rings. The molecule has 32 N–H and O–H groups in total. The zero-order valence-electron chi connectivity index (χ0n) is 61.6. The number of ether oxygens (including phenoxy) is 4. The number of nitrogens with zero attached hydrogens (tertiary/aromatic N) is 12. The molecule has 11 unspecified atom stereocenters. The third-order valence-electron chi connectivity index (χ3n) is 15.9. The summed E-state index contributed by atoms with van der Waals surface area (Å²) in [6.07, 6.45) is -13.2. The van der Waals surface area contributed by atoms with E-state index in [1.54, 1.807) is 6.92 Å². The predicted molar refractivity (Wildman–Crippen MR) is 401 cm³/mol. The van der Waals surface area contributed by atoms with Crippen LogP contribution in [0.3, 0.4) is 0 Å². The Morgan fingerprint density at radius 2 is 0.800 bits per heavy atom. The summed E-state index contributed by atoms with van der Waals surface area (Å²) in [6.45, 7) is -0.923. The third kappa shape index (κ3) is 31.6. The summed E-state index contributed by atoms with van der Waals surface area (Å²) >= 11 is 0. The number of anilines is 4. The van der Waals surface area contributed by atoms with Crippen molar-refractivity contribution in [2.75, 3.05) is 61.2 Å². The number of imidazole rings is 4. The van der Waals surface area contributed by atoms with E-state index in [1.807, 2.05) is 0 Å². The van der Waals surface area contributed by atoms with Crippen molar-refractivity contribution in [3.05, 3.63) is 66.7 Å². The molecule has 8 aromatic rings. The fourth-order valence-corrected chi connectivity index (χ4v) is 20.7. The molecule has 0 aliphatic carbocycles. The Hall–Kier alpha value is -4.99. The van der Waals surface area contributed by atoms with Crippen molar-refractivity contribution in [2.45, 2.75) is 99.6 Å². The predicted octanol–water partition coefficient (Wildman–Crippen LogP) is -5.70. The molecule has 82 heteroatoms. The summed E-state index contributed by atoms with van der Waals surface area (Å²) in [7, 11) is -54.4. The fraction of sp³-hybridized carbons (Fsp3) is 0.535. The van der Waals surface area contributed by atoms with Gasteiger partial charge in [0.05, 0.1) is 70.0 Å². The van der Waals surface area contributed by atoms with Crippen LogP contribution in [0, 0.1) is 5.92 Å². The van der Waals surface area contributed by atoms with Crippen LogP contribution in [0.4, 0.5) is 23.8 Å². The average Bonchev–Trinajstić information content (AvgIpc) is 1.63. The number of fused-ring (bicyclic) bond motifs is 4. The molecule has 0 spiro atoms. The second-order valence-corrected chi connectivity index (χ2v) is 41.6. The zero-order valence-corrected chi connectivity index (χ0v) is 75.3. The van der Waals surface area contributed by atoms with Gasteiger partial charge in [-0.15, -0.1) is 9.42 Å². The van der Waals surface area contributed by atoms with Gasteiger partial charge in [0.1, 0.15) is 30.5 Å². The fourth-order valence-electron chi connectivity index (χ4n) is 11.5. The number of rotatable bonds is 30. The van der Waals surface area contributed by atoms with Gasteiger partial charge >= 0.3 is 94.3 Å². The van der Waals surface area contributed by atoms with Gasteiger partial charge in [-0.2, -0.15) is 24.2 Å². The Kier molecular flexibility index (Phi) is 36.6. The van der Waals surface area contributed by atoms with E-state index in [2.05, 4.69) is 82.2 Å². The number of aromatic amines is 4. The zero-order chi connectivity index (χ0) is 93.0. The van der Waals surface area contributed by atoms with E-state index < -0.39 is 234 Å². The topological polar surface area (TPSA) is 1090 Å². The molecule has 69 nitrogen and oxygen atoms in total. The SMILES string of the molecule is CC1C(O[P+](=O)O)[C@H](n2cnc3c(=O)[nH]c(N)nc32)O[C@@H]1CO[PH](=O)O.Nc1nc2c(ncn2[C@@H]2O[C@H](COP(=O)(O)CP(=O)(O)O)C(O)C2OP(=O)(O)O)c(=O)[nH]1.Nc1nc2c(ncn2[C@@H]2O[C@H](COP(=O)(O)CP(=O)(O)O)CC2OP(=O)(O)O)c(=O)[nH]1.Nc1nc2c(ncn2[C@@H]2O[C@H](COP(=O)(O)OP(=O)(O)O)CC2OP(=O)(O)O)c(=O)[nH]1.O=[PH](O)O.[Y]. The molecule has 12 rings (SSSR count). The molecule has 4 saturated heterocycles. The first-order valence-corrected chi connectivity index (χ1v) is 51.0. The number of aromatic nitrogens is 16. The van der Waals surface area contributed by atoms with Crippen molar-refractivity contribution < 1.29 is 245 Å². The molecule has 12 heterocycles. The molecular formula is C43H71N20O49P12Y+. The van der Waals surface area contributed by atoms with Gasteiger partial charge in [0, 0.05) is 56.0 Å². The van der Waals surface area contributed by atoms with Gasteiger partial charge in [-0.1, -0.05) is 6.92 Å². The summed E-state index contributed by atoms with van der Waals surface area (Å²) < 4.78 is 201. The Morgan fingerprint density at radius 3 is 1.12 bits per heavy atom. The maximum absolute atomic E-state index is 12.0. The number of phosphoric ester groups is 4. The van der Waals surface area contributed by atoms with Crippen molar-refractivity contribution in [1.29, 1.82) is 0 Å². The molecule has 8 aromatic heterocycles. The molecule has 699 valence electrons. The van der Waals surface area contributed by atoms with Crippen molar-refractivity contribution in [2.24, 2.45) is 5.92 Å². The number of hydrogen-bond donors (Lipinski definition) is 28. The van der Waals surface area contributed by atoms with Gasteiger partial charge in [-0.3, -0.25) is 103 Å². The van der Waals surface area contributed by atoms with Crippen LogP contribution >= 0.6 is 94.3 Å². The standard InChI is InChI=1S/C11H18N5O13P3.C11H18N5O12P3.C11H15N5O8P2.C10H16N5O13P3.H3O3P.Y/c12-11-14-8-5(9(18)15-11)13-2-16(8)10-7(29-32(24,25)26)6(17)4(28-10)1-27-31(22,23)3-30(19,20)21;12-11-14-8-7(9(17)15-11)13-3-16(8)10-6(28-31(23,24)25)1-5(27-10)2-26-30(21,22)4-29(18,19)20;1-4-5(2-22-25(18)19)23-10(7(4)24-26(20)21)16-3-13-6-8(16)14-11(12)15-9(6)17;11-10-13-7-6(8(16)14-10)12-3-15(7)9-5(27-29(17,18)19)1-4(26-9)2-25-31(23,24)28-30(20,21)22;1-4(2)3;/h2,4,6-7,10,17H,1,3H2,(H,22,23)(H2,19,20,21)(H2,24,25,26)(H3,12,14,15,18);3,5-6,10H,1-2,4H2,(H,21,22)(H2,18,19,20)(H2,23,24,25)(H3,12,14,15,17);3-5,7,10,25H,2H2,1H3,(H4-,12,14,15,17,18,19,20,21);3-5,9H,1-2H2,(H,23,24)(H2,17,18,19)(H2,20,21,22)(H3,11,13,14,16);4H,(H2,1,2,3);/p+1/t4-,6?,7?,10-;5-,6?,10+;4?,5-,7?,10-;4-,5?,9+;;/m1010../s1. The summed E-state index contributed by atoms with van der Waals surface area (Å²) in [4.78, 5) is 256. The van der Waals surface area contributed by atoms with E-state index in [0.29, 0.717) is 0 Å². The van der Waals surface area contributed by atoms with Crippen LogP contribution in [-0.2, 0) is 147 Å². The smallest absolute Gasteiger partial charge is 0.387 e.